The summed E-state index contributed by atoms with van der Waals surface area (Å²) in [6.45, 7) is 0.460. The Morgan fingerprint density at radius 1 is 1.07 bits per heavy atom. The van der Waals surface area contributed by atoms with Crippen molar-refractivity contribution in [2.75, 3.05) is 5.32 Å². The van der Waals surface area contributed by atoms with E-state index in [1.54, 1.807) is 18.2 Å². The molecule has 0 atom stereocenters. The number of carboxylic acid groups (broad SMARTS) is 1. The van der Waals surface area contributed by atoms with Crippen LogP contribution in [0.15, 0.2) is 72.8 Å². The smallest absolute Gasteiger partial charge is 0.345 e. The molecule has 9 heteroatoms. The molecule has 0 aliphatic rings. The first-order valence-corrected chi connectivity index (χ1v) is 9.35. The summed E-state index contributed by atoms with van der Waals surface area (Å²) in [5, 5.41) is 24.2. The number of carboxylic acids is 1. The quantitative estimate of drug-likeness (QED) is 0.455. The van der Waals surface area contributed by atoms with E-state index in [4.69, 9.17) is 16.3 Å². The molecule has 0 saturated heterocycles. The highest BCUT2D eigenvalue weighted by Gasteiger charge is 2.11. The summed E-state index contributed by atoms with van der Waals surface area (Å²) in [5.74, 6) is -0.501. The zero-order valence-corrected chi connectivity index (χ0v) is 16.3. The Kier molecular flexibility index (Phi) is 5.58. The van der Waals surface area contributed by atoms with Gasteiger partial charge in [0.1, 0.15) is 5.75 Å². The van der Waals surface area contributed by atoms with Crippen molar-refractivity contribution in [1.29, 1.82) is 0 Å². The van der Waals surface area contributed by atoms with E-state index >= 15 is 0 Å². The number of aromatic nitrogens is 4. The number of carbonyl (C=O) groups is 1. The zero-order chi connectivity index (χ0) is 20.9. The summed E-state index contributed by atoms with van der Waals surface area (Å²) >= 11 is 5.91. The number of benzene rings is 3. The minimum Gasteiger partial charge on any atom is -0.478 e. The summed E-state index contributed by atoms with van der Waals surface area (Å²) in [5.41, 5.74) is 2.41. The average Bonchev–Trinajstić information content (AvgIpc) is 3.22. The molecule has 0 saturated carbocycles. The minimum atomic E-state index is -1.07. The van der Waals surface area contributed by atoms with Gasteiger partial charge in [-0.25, -0.2) is 4.79 Å². The maximum absolute atomic E-state index is 11.2. The number of ether oxygens (including phenoxy) is 1. The lowest BCUT2D eigenvalue weighted by Crippen LogP contribution is -2.03. The van der Waals surface area contributed by atoms with Crippen LogP contribution in [0.25, 0.3) is 5.69 Å². The van der Waals surface area contributed by atoms with Crippen LogP contribution in [0.2, 0.25) is 5.02 Å². The highest BCUT2D eigenvalue weighted by molar-refractivity contribution is 6.33. The van der Waals surface area contributed by atoms with Gasteiger partial charge in [-0.1, -0.05) is 47.0 Å². The van der Waals surface area contributed by atoms with Gasteiger partial charge in [-0.15, -0.1) is 0 Å². The molecule has 4 rings (SSSR count). The fourth-order valence-electron chi connectivity index (χ4n) is 2.80. The number of aromatic carboxylic acids is 1. The number of anilines is 1. The second kappa shape index (κ2) is 8.62. The van der Waals surface area contributed by atoms with Crippen LogP contribution < -0.4 is 10.1 Å². The zero-order valence-electron chi connectivity index (χ0n) is 15.6. The summed E-state index contributed by atoms with van der Waals surface area (Å²) < 4.78 is 7.37. The van der Waals surface area contributed by atoms with Gasteiger partial charge in [-0.3, -0.25) is 0 Å². The van der Waals surface area contributed by atoms with Crippen LogP contribution in [0.1, 0.15) is 15.9 Å². The van der Waals surface area contributed by atoms with Crippen LogP contribution in [0.5, 0.6) is 11.8 Å². The number of nitrogens with zero attached hydrogens (tertiary/aromatic N) is 4. The van der Waals surface area contributed by atoms with E-state index in [0.717, 1.165) is 11.3 Å². The van der Waals surface area contributed by atoms with Gasteiger partial charge >= 0.3 is 12.0 Å². The third kappa shape index (κ3) is 4.39. The number of hydrogen-bond donors (Lipinski definition) is 2. The summed E-state index contributed by atoms with van der Waals surface area (Å²) in [7, 11) is 0. The molecular formula is C21H16ClN5O3. The van der Waals surface area contributed by atoms with Gasteiger partial charge in [0.2, 0.25) is 0 Å². The molecule has 1 heterocycles. The topological polar surface area (TPSA) is 102 Å². The molecule has 0 spiro atoms. The molecule has 0 fully saturated rings. The first-order chi connectivity index (χ1) is 14.6. The van der Waals surface area contributed by atoms with Gasteiger partial charge in [0.25, 0.3) is 0 Å². The second-order valence-electron chi connectivity index (χ2n) is 6.31. The van der Waals surface area contributed by atoms with E-state index in [2.05, 4.69) is 20.8 Å². The fraction of sp³-hybridized carbons (Fsp3) is 0.0476. The molecule has 1 aromatic heterocycles. The van der Waals surface area contributed by atoms with Crippen molar-refractivity contribution >= 4 is 23.3 Å². The standard InChI is InChI=1S/C21H16ClN5O3/c22-19-10-9-15(12-18(19)20(28)29)23-13-14-5-4-8-17(11-14)30-21-24-25-26-27(21)16-6-2-1-3-7-16/h1-12,23H,13H2,(H,28,29). The lowest BCUT2D eigenvalue weighted by atomic mass is 10.1. The molecule has 0 aliphatic carbocycles. The SMILES string of the molecule is O=C(O)c1cc(NCc2cccc(Oc3nnnn3-c3ccccc3)c2)ccc1Cl. The Morgan fingerprint density at radius 2 is 1.90 bits per heavy atom. The number of rotatable bonds is 7. The Hall–Kier alpha value is -3.91. The van der Waals surface area contributed by atoms with Crippen LogP contribution in [0.3, 0.4) is 0 Å². The second-order valence-corrected chi connectivity index (χ2v) is 6.72. The summed E-state index contributed by atoms with van der Waals surface area (Å²) in [6, 6.07) is 21.9. The lowest BCUT2D eigenvalue weighted by Gasteiger charge is -2.10. The number of hydrogen-bond acceptors (Lipinski definition) is 6. The van der Waals surface area contributed by atoms with Crippen molar-refractivity contribution in [2.45, 2.75) is 6.54 Å². The van der Waals surface area contributed by atoms with E-state index in [1.807, 2.05) is 48.5 Å². The molecular weight excluding hydrogens is 406 g/mol. The Bertz CT molecular complexity index is 1180. The number of para-hydroxylation sites is 1. The highest BCUT2D eigenvalue weighted by Crippen LogP contribution is 2.24. The lowest BCUT2D eigenvalue weighted by molar-refractivity contribution is 0.0697. The van der Waals surface area contributed by atoms with Crippen LogP contribution in [-0.2, 0) is 6.54 Å². The van der Waals surface area contributed by atoms with Crippen molar-refractivity contribution in [2.24, 2.45) is 0 Å². The van der Waals surface area contributed by atoms with E-state index < -0.39 is 5.97 Å². The molecule has 150 valence electrons. The predicted octanol–water partition coefficient (Wildman–Crippen LogP) is 4.42. The minimum absolute atomic E-state index is 0.0477. The highest BCUT2D eigenvalue weighted by atomic mass is 35.5. The predicted molar refractivity (Wildman–Crippen MR) is 111 cm³/mol. The van der Waals surface area contributed by atoms with E-state index in [9.17, 15) is 9.90 Å². The van der Waals surface area contributed by atoms with Gasteiger partial charge in [-0.2, -0.15) is 4.68 Å². The molecule has 4 aromatic rings. The average molecular weight is 422 g/mol. The largest absolute Gasteiger partial charge is 0.478 e. The number of nitrogens with one attached hydrogen (secondary N) is 1. The molecule has 0 aliphatic heterocycles. The molecule has 0 bridgehead atoms. The Morgan fingerprint density at radius 3 is 2.70 bits per heavy atom. The van der Waals surface area contributed by atoms with Crippen LogP contribution in [0.4, 0.5) is 5.69 Å². The van der Waals surface area contributed by atoms with Gasteiger partial charge in [0.15, 0.2) is 0 Å². The third-order valence-electron chi connectivity index (χ3n) is 4.24. The molecule has 2 N–H and O–H groups in total. The van der Waals surface area contributed by atoms with E-state index in [1.165, 1.54) is 10.7 Å². The first-order valence-electron chi connectivity index (χ1n) is 8.97. The third-order valence-corrected chi connectivity index (χ3v) is 4.57. The fourth-order valence-corrected chi connectivity index (χ4v) is 3.00. The maximum atomic E-state index is 11.2. The molecule has 0 radical (unpaired) electrons. The molecule has 3 aromatic carbocycles. The molecule has 30 heavy (non-hydrogen) atoms. The van der Waals surface area contributed by atoms with Crippen molar-refractivity contribution in [3.63, 3.8) is 0 Å². The number of halogens is 1. The molecule has 8 nitrogen and oxygen atoms in total. The summed E-state index contributed by atoms with van der Waals surface area (Å²) in [4.78, 5) is 11.2. The van der Waals surface area contributed by atoms with Crippen molar-refractivity contribution in [1.82, 2.24) is 20.2 Å². The van der Waals surface area contributed by atoms with Gasteiger partial charge < -0.3 is 15.2 Å². The van der Waals surface area contributed by atoms with Crippen molar-refractivity contribution in [3.8, 4) is 17.4 Å². The van der Waals surface area contributed by atoms with Crippen molar-refractivity contribution < 1.29 is 14.6 Å². The summed E-state index contributed by atoms with van der Waals surface area (Å²) in [6.07, 6.45) is 0. The Balaban J connectivity index is 1.47. The monoisotopic (exact) mass is 421 g/mol. The maximum Gasteiger partial charge on any atom is 0.345 e. The van der Waals surface area contributed by atoms with Gasteiger partial charge in [-0.05, 0) is 58.5 Å². The van der Waals surface area contributed by atoms with Gasteiger partial charge in [0, 0.05) is 12.2 Å². The van der Waals surface area contributed by atoms with Crippen LogP contribution in [0, 0.1) is 0 Å². The molecule has 0 unspecified atom stereocenters. The number of tetrazole rings is 1. The van der Waals surface area contributed by atoms with E-state index in [-0.39, 0.29) is 16.6 Å². The van der Waals surface area contributed by atoms with Crippen molar-refractivity contribution in [3.05, 3.63) is 88.9 Å². The van der Waals surface area contributed by atoms with Crippen LogP contribution in [-0.4, -0.2) is 31.3 Å². The first kappa shape index (κ1) is 19.4. The van der Waals surface area contributed by atoms with Crippen LogP contribution >= 0.6 is 11.6 Å². The normalized spacial score (nSPS) is 10.6. The van der Waals surface area contributed by atoms with Gasteiger partial charge in [0.05, 0.1) is 16.3 Å². The van der Waals surface area contributed by atoms with E-state index in [0.29, 0.717) is 18.0 Å². The molecule has 0 amide bonds. The Labute approximate surface area is 176 Å².